The fourth-order valence-electron chi connectivity index (χ4n) is 4.39. The number of benzene rings is 3. The maximum atomic E-state index is 13.8. The second-order valence-electron chi connectivity index (χ2n) is 10.1. The highest BCUT2D eigenvalue weighted by atomic mass is 35.5. The molecular weight excluding hydrogens is 565 g/mol. The SMILES string of the molecule is CCC(C)NC(=O)C(Cc1ccccc1)N(Cc1ccc(Cl)cc1)C(=O)CCCN(c1ccc(F)cc1)S(C)(=O)=O. The molecule has 220 valence electrons. The fraction of sp³-hybridized carbons (Fsp3) is 0.355. The molecule has 0 aromatic heterocycles. The third-order valence-corrected chi connectivity index (χ3v) is 8.25. The topological polar surface area (TPSA) is 86.8 Å². The lowest BCUT2D eigenvalue weighted by atomic mass is 10.0. The van der Waals surface area contributed by atoms with Gasteiger partial charge in [0.25, 0.3) is 0 Å². The predicted molar refractivity (Wildman–Crippen MR) is 162 cm³/mol. The van der Waals surface area contributed by atoms with Gasteiger partial charge in [0.2, 0.25) is 21.8 Å². The van der Waals surface area contributed by atoms with E-state index in [1.165, 1.54) is 24.3 Å². The molecule has 3 rings (SSSR count). The van der Waals surface area contributed by atoms with Crippen LogP contribution in [0.4, 0.5) is 10.1 Å². The number of carbonyl (C=O) groups is 2. The van der Waals surface area contributed by atoms with Crippen molar-refractivity contribution in [3.63, 3.8) is 0 Å². The molecule has 0 heterocycles. The van der Waals surface area contributed by atoms with Gasteiger partial charge in [0.05, 0.1) is 11.9 Å². The molecule has 0 spiro atoms. The normalized spacial score (nSPS) is 12.8. The van der Waals surface area contributed by atoms with Gasteiger partial charge < -0.3 is 10.2 Å². The number of hydrogen-bond donors (Lipinski definition) is 1. The van der Waals surface area contributed by atoms with Gasteiger partial charge in [-0.25, -0.2) is 12.8 Å². The van der Waals surface area contributed by atoms with Crippen LogP contribution < -0.4 is 9.62 Å². The van der Waals surface area contributed by atoms with Crippen LogP contribution in [-0.2, 0) is 32.6 Å². The van der Waals surface area contributed by atoms with E-state index < -0.39 is 21.9 Å². The minimum absolute atomic E-state index is 0.00268. The summed E-state index contributed by atoms with van der Waals surface area (Å²) in [7, 11) is -3.68. The average Bonchev–Trinajstić information content (AvgIpc) is 2.94. The number of carbonyl (C=O) groups excluding carboxylic acids is 2. The molecule has 3 aromatic carbocycles. The first-order valence-electron chi connectivity index (χ1n) is 13.6. The van der Waals surface area contributed by atoms with Gasteiger partial charge in [-0.1, -0.05) is 61.0 Å². The number of sulfonamides is 1. The molecule has 3 aromatic rings. The van der Waals surface area contributed by atoms with E-state index in [1.807, 2.05) is 56.3 Å². The number of anilines is 1. The summed E-state index contributed by atoms with van der Waals surface area (Å²) in [5, 5.41) is 3.59. The van der Waals surface area contributed by atoms with Crippen LogP contribution in [0, 0.1) is 5.82 Å². The number of hydrogen-bond acceptors (Lipinski definition) is 4. The van der Waals surface area contributed by atoms with E-state index in [2.05, 4.69) is 5.32 Å². The van der Waals surface area contributed by atoms with E-state index in [9.17, 15) is 22.4 Å². The Hall–Kier alpha value is -3.43. The van der Waals surface area contributed by atoms with Crippen LogP contribution in [0.5, 0.6) is 0 Å². The Morgan fingerprint density at radius 3 is 2.17 bits per heavy atom. The number of halogens is 2. The maximum absolute atomic E-state index is 13.8. The summed E-state index contributed by atoms with van der Waals surface area (Å²) in [6.07, 6.45) is 2.32. The molecule has 10 heteroatoms. The molecule has 2 atom stereocenters. The van der Waals surface area contributed by atoms with Crippen molar-refractivity contribution in [2.24, 2.45) is 0 Å². The Morgan fingerprint density at radius 1 is 0.951 bits per heavy atom. The lowest BCUT2D eigenvalue weighted by molar-refractivity contribution is -0.141. The molecule has 0 bridgehead atoms. The molecule has 0 aliphatic heterocycles. The van der Waals surface area contributed by atoms with Crippen LogP contribution in [0.25, 0.3) is 0 Å². The van der Waals surface area contributed by atoms with E-state index in [4.69, 9.17) is 11.6 Å². The Labute approximate surface area is 247 Å². The van der Waals surface area contributed by atoms with Gasteiger partial charge in [0.1, 0.15) is 11.9 Å². The maximum Gasteiger partial charge on any atom is 0.243 e. The molecular formula is C31H37ClFN3O4S. The van der Waals surface area contributed by atoms with Crippen LogP contribution in [0.1, 0.15) is 44.2 Å². The van der Waals surface area contributed by atoms with Crippen molar-refractivity contribution >= 4 is 39.1 Å². The zero-order valence-corrected chi connectivity index (χ0v) is 25.2. The van der Waals surface area contributed by atoms with Gasteiger partial charge in [-0.2, -0.15) is 0 Å². The van der Waals surface area contributed by atoms with Gasteiger partial charge in [0, 0.05) is 37.0 Å². The van der Waals surface area contributed by atoms with Gasteiger partial charge in [-0.15, -0.1) is 0 Å². The zero-order chi connectivity index (χ0) is 30.0. The van der Waals surface area contributed by atoms with Crippen LogP contribution in [-0.4, -0.2) is 50.0 Å². The minimum atomic E-state index is -3.68. The third-order valence-electron chi connectivity index (χ3n) is 6.81. The smallest absolute Gasteiger partial charge is 0.243 e. The van der Waals surface area contributed by atoms with Gasteiger partial charge >= 0.3 is 0 Å². The second-order valence-corrected chi connectivity index (χ2v) is 12.4. The van der Waals surface area contributed by atoms with Crippen molar-refractivity contribution in [2.75, 3.05) is 17.1 Å². The Bertz CT molecular complexity index is 1390. The summed E-state index contributed by atoms with van der Waals surface area (Å²) < 4.78 is 39.6. The summed E-state index contributed by atoms with van der Waals surface area (Å²) in [5.74, 6) is -1.02. The van der Waals surface area contributed by atoms with E-state index in [0.717, 1.165) is 28.1 Å². The summed E-state index contributed by atoms with van der Waals surface area (Å²) in [6, 6.07) is 20.9. The molecule has 1 N–H and O–H groups in total. The Kier molecular flexibility index (Phi) is 11.7. The van der Waals surface area contributed by atoms with Crippen molar-refractivity contribution in [3.05, 3.63) is 101 Å². The van der Waals surface area contributed by atoms with Crippen molar-refractivity contribution in [3.8, 4) is 0 Å². The molecule has 0 radical (unpaired) electrons. The average molecular weight is 602 g/mol. The molecule has 0 aliphatic carbocycles. The van der Waals surface area contributed by atoms with Crippen molar-refractivity contribution in [2.45, 2.75) is 58.2 Å². The molecule has 0 aliphatic rings. The molecule has 0 saturated carbocycles. The van der Waals surface area contributed by atoms with Crippen LogP contribution in [0.2, 0.25) is 5.02 Å². The highest BCUT2D eigenvalue weighted by Gasteiger charge is 2.31. The summed E-state index contributed by atoms with van der Waals surface area (Å²) in [6.45, 7) is 4.09. The van der Waals surface area contributed by atoms with Gasteiger partial charge in [-0.3, -0.25) is 13.9 Å². The highest BCUT2D eigenvalue weighted by molar-refractivity contribution is 7.92. The van der Waals surface area contributed by atoms with Crippen LogP contribution in [0.3, 0.4) is 0 Å². The largest absolute Gasteiger partial charge is 0.352 e. The van der Waals surface area contributed by atoms with E-state index in [-0.39, 0.29) is 43.8 Å². The Morgan fingerprint density at radius 2 is 1.59 bits per heavy atom. The summed E-state index contributed by atoms with van der Waals surface area (Å²) in [5.41, 5.74) is 2.03. The van der Waals surface area contributed by atoms with Crippen LogP contribution in [0.15, 0.2) is 78.9 Å². The fourth-order valence-corrected chi connectivity index (χ4v) is 5.48. The zero-order valence-electron chi connectivity index (χ0n) is 23.6. The number of nitrogens with one attached hydrogen (secondary N) is 1. The van der Waals surface area contributed by atoms with Gasteiger partial charge in [0.15, 0.2) is 0 Å². The molecule has 0 saturated heterocycles. The number of rotatable bonds is 14. The number of nitrogens with zero attached hydrogens (tertiary/aromatic N) is 2. The van der Waals surface area contributed by atoms with E-state index >= 15 is 0 Å². The number of amides is 2. The van der Waals surface area contributed by atoms with Crippen molar-refractivity contribution < 1.29 is 22.4 Å². The van der Waals surface area contributed by atoms with Crippen molar-refractivity contribution in [1.29, 1.82) is 0 Å². The quantitative estimate of drug-likeness (QED) is 0.261. The van der Waals surface area contributed by atoms with Gasteiger partial charge in [-0.05, 0) is 67.3 Å². The molecule has 0 fully saturated rings. The molecule has 2 amide bonds. The highest BCUT2D eigenvalue weighted by Crippen LogP contribution is 2.21. The van der Waals surface area contributed by atoms with Crippen LogP contribution >= 0.6 is 11.6 Å². The summed E-state index contributed by atoms with van der Waals surface area (Å²) in [4.78, 5) is 29.0. The monoisotopic (exact) mass is 601 g/mol. The first-order chi connectivity index (χ1) is 19.5. The minimum Gasteiger partial charge on any atom is -0.352 e. The lowest BCUT2D eigenvalue weighted by Gasteiger charge is -2.32. The first kappa shape index (κ1) is 32.1. The first-order valence-corrected chi connectivity index (χ1v) is 15.8. The standard InChI is InChI=1S/C31H37ClFN3O4S/c1-4-23(2)34-31(38)29(21-24-9-6-5-7-10-24)35(22-25-12-14-26(32)15-13-25)30(37)11-8-20-36(41(3,39)40)28-18-16-27(33)17-19-28/h5-7,9-10,12-19,23,29H,4,8,11,20-22H2,1-3H3,(H,34,38). The summed E-state index contributed by atoms with van der Waals surface area (Å²) >= 11 is 6.08. The van der Waals surface area contributed by atoms with E-state index in [0.29, 0.717) is 17.1 Å². The van der Waals surface area contributed by atoms with E-state index in [1.54, 1.807) is 17.0 Å². The predicted octanol–water partition coefficient (Wildman–Crippen LogP) is 5.58. The molecule has 41 heavy (non-hydrogen) atoms. The molecule has 2 unspecified atom stereocenters. The lowest BCUT2D eigenvalue weighted by Crippen LogP contribution is -2.52. The second kappa shape index (κ2) is 15.0. The Balaban J connectivity index is 1.88. The molecule has 7 nitrogen and oxygen atoms in total. The van der Waals surface area contributed by atoms with Crippen molar-refractivity contribution in [1.82, 2.24) is 10.2 Å². The third kappa shape index (κ3) is 9.86.